The van der Waals surface area contributed by atoms with Crippen LogP contribution in [0.15, 0.2) is 0 Å². The summed E-state index contributed by atoms with van der Waals surface area (Å²) in [6.07, 6.45) is -5.63. The Morgan fingerprint density at radius 2 is 1.38 bits per heavy atom. The van der Waals surface area contributed by atoms with Gasteiger partial charge in [0.05, 0.1) is 0 Å². The van der Waals surface area contributed by atoms with E-state index in [1.807, 2.05) is 0 Å². The lowest BCUT2D eigenvalue weighted by Crippen LogP contribution is -2.41. The molecule has 4 nitrogen and oxygen atoms in total. The number of aliphatic hydroxyl groups excluding tert-OH is 1. The number of unbranched alkanes of at least 4 members (excludes halogenated alkanes) is 3. The van der Waals surface area contributed by atoms with E-state index in [0.717, 1.165) is 0 Å². The van der Waals surface area contributed by atoms with Crippen LogP contribution in [0.2, 0.25) is 0 Å². The summed E-state index contributed by atoms with van der Waals surface area (Å²) in [7, 11) is 0. The molecule has 0 rings (SSSR count). The number of rotatable bonds is 7. The summed E-state index contributed by atoms with van der Waals surface area (Å²) in [6, 6.07) is 0. The van der Waals surface area contributed by atoms with Crippen molar-refractivity contribution in [3.05, 3.63) is 0 Å². The molecule has 0 aliphatic rings. The topological polar surface area (TPSA) is 80.9 Å². The molecule has 0 aliphatic heterocycles. The Morgan fingerprint density at radius 3 is 1.81 bits per heavy atom. The number of aliphatic hydroxyl groups is 4. The third-order valence-electron chi connectivity index (χ3n) is 2.13. The molecule has 0 saturated heterocycles. The highest BCUT2D eigenvalue weighted by Gasteiger charge is 2.29. The molecule has 98 valence electrons. The van der Waals surface area contributed by atoms with Crippen molar-refractivity contribution in [2.45, 2.75) is 56.8 Å². The van der Waals surface area contributed by atoms with Crippen LogP contribution in [0.4, 0.5) is 13.2 Å². The smallest absolute Gasteiger partial charge is 0.385 e. The van der Waals surface area contributed by atoms with E-state index in [9.17, 15) is 13.2 Å². The first-order valence-corrected chi connectivity index (χ1v) is 5.05. The minimum absolute atomic E-state index is 0.0160. The third kappa shape index (κ3) is 8.90. The Morgan fingerprint density at radius 1 is 0.875 bits per heavy atom. The first-order valence-electron chi connectivity index (χ1n) is 5.05. The molecule has 0 bridgehead atoms. The predicted octanol–water partition coefficient (Wildman–Crippen LogP) is 0.881. The van der Waals surface area contributed by atoms with E-state index >= 15 is 0 Å². The molecule has 0 heterocycles. The molecule has 7 heteroatoms. The fraction of sp³-hybridized carbons (Fsp3) is 1.00. The van der Waals surface area contributed by atoms with Gasteiger partial charge in [-0.1, -0.05) is 19.3 Å². The van der Waals surface area contributed by atoms with Crippen LogP contribution in [0.3, 0.4) is 0 Å². The summed E-state index contributed by atoms with van der Waals surface area (Å²) in [4.78, 5) is 0. The van der Waals surface area contributed by atoms with Crippen molar-refractivity contribution < 1.29 is 33.6 Å². The number of alkyl halides is 3. The third-order valence-corrected chi connectivity index (χ3v) is 2.13. The van der Waals surface area contributed by atoms with Gasteiger partial charge in [0.25, 0.3) is 0 Å². The summed E-state index contributed by atoms with van der Waals surface area (Å²) < 4.78 is 35.1. The molecule has 16 heavy (non-hydrogen) atoms. The van der Waals surface area contributed by atoms with Gasteiger partial charge in [0.15, 0.2) is 0 Å². The van der Waals surface area contributed by atoms with Crippen LogP contribution in [0.5, 0.6) is 0 Å². The molecule has 0 aromatic carbocycles. The van der Waals surface area contributed by atoms with E-state index in [0.29, 0.717) is 19.3 Å². The summed E-state index contributed by atoms with van der Waals surface area (Å²) >= 11 is 0. The highest BCUT2D eigenvalue weighted by Crippen LogP contribution is 2.23. The standard InChI is InChI=1S/C9H17F3O4/c10-8(11,12)6-4-2-1-3-5-7(13)9(14,15)16/h7,13-16H,1-6H2. The van der Waals surface area contributed by atoms with Crippen LogP contribution >= 0.6 is 0 Å². The van der Waals surface area contributed by atoms with Crippen LogP contribution in [0.1, 0.15) is 38.5 Å². The molecule has 0 aromatic heterocycles. The summed E-state index contributed by atoms with van der Waals surface area (Å²) in [6.45, 7) is 0. The molecule has 1 unspecified atom stereocenters. The molecular weight excluding hydrogens is 229 g/mol. The monoisotopic (exact) mass is 246 g/mol. The Bertz CT molecular complexity index is 188. The Balaban J connectivity index is 3.41. The van der Waals surface area contributed by atoms with E-state index < -0.39 is 24.7 Å². The molecule has 0 spiro atoms. The minimum atomic E-state index is -4.14. The Kier molecular flexibility index (Phi) is 6.24. The molecule has 0 saturated carbocycles. The maximum Gasteiger partial charge on any atom is 0.389 e. The van der Waals surface area contributed by atoms with Gasteiger partial charge >= 0.3 is 12.1 Å². The number of hydrogen-bond acceptors (Lipinski definition) is 4. The average Bonchev–Trinajstić information content (AvgIpc) is 2.07. The second-order valence-electron chi connectivity index (χ2n) is 3.77. The van der Waals surface area contributed by atoms with Gasteiger partial charge in [-0.3, -0.25) is 0 Å². The molecule has 0 amide bonds. The maximum atomic E-state index is 11.7. The highest BCUT2D eigenvalue weighted by atomic mass is 19.4. The zero-order chi connectivity index (χ0) is 12.8. The van der Waals surface area contributed by atoms with Crippen LogP contribution in [0, 0.1) is 0 Å². The van der Waals surface area contributed by atoms with Gasteiger partial charge in [-0.25, -0.2) is 0 Å². The van der Waals surface area contributed by atoms with Crippen molar-refractivity contribution in [1.82, 2.24) is 0 Å². The van der Waals surface area contributed by atoms with E-state index in [1.165, 1.54) is 0 Å². The second kappa shape index (κ2) is 6.39. The minimum Gasteiger partial charge on any atom is -0.385 e. The highest BCUT2D eigenvalue weighted by molar-refractivity contribution is 4.63. The molecular formula is C9H17F3O4. The largest absolute Gasteiger partial charge is 0.389 e. The van der Waals surface area contributed by atoms with E-state index in [-0.39, 0.29) is 12.8 Å². The zero-order valence-corrected chi connectivity index (χ0v) is 8.74. The lowest BCUT2D eigenvalue weighted by molar-refractivity contribution is -0.355. The molecule has 0 fully saturated rings. The van der Waals surface area contributed by atoms with Crippen molar-refractivity contribution in [2.75, 3.05) is 0 Å². The van der Waals surface area contributed by atoms with Crippen LogP contribution in [0.25, 0.3) is 0 Å². The van der Waals surface area contributed by atoms with Crippen LogP contribution in [-0.4, -0.2) is 38.7 Å². The van der Waals surface area contributed by atoms with Crippen LogP contribution in [-0.2, 0) is 0 Å². The normalized spacial score (nSPS) is 15.2. The van der Waals surface area contributed by atoms with Gasteiger partial charge in [0, 0.05) is 6.42 Å². The maximum absolute atomic E-state index is 11.7. The lowest BCUT2D eigenvalue weighted by Gasteiger charge is -2.20. The first kappa shape index (κ1) is 15.6. The van der Waals surface area contributed by atoms with Crippen molar-refractivity contribution in [3.8, 4) is 0 Å². The fourth-order valence-corrected chi connectivity index (χ4v) is 1.21. The Labute approximate surface area is 91.3 Å². The summed E-state index contributed by atoms with van der Waals surface area (Å²) in [5.74, 6) is -3.13. The summed E-state index contributed by atoms with van der Waals surface area (Å²) in [5, 5.41) is 34.5. The van der Waals surface area contributed by atoms with Gasteiger partial charge in [-0.2, -0.15) is 13.2 Å². The predicted molar refractivity (Wildman–Crippen MR) is 49.2 cm³/mol. The zero-order valence-electron chi connectivity index (χ0n) is 8.74. The van der Waals surface area contributed by atoms with E-state index in [4.69, 9.17) is 20.4 Å². The van der Waals surface area contributed by atoms with Gasteiger partial charge in [0.1, 0.15) is 6.10 Å². The van der Waals surface area contributed by atoms with Gasteiger partial charge in [0.2, 0.25) is 0 Å². The van der Waals surface area contributed by atoms with E-state index in [1.54, 1.807) is 0 Å². The summed E-state index contributed by atoms with van der Waals surface area (Å²) in [5.41, 5.74) is 0. The molecule has 0 radical (unpaired) electrons. The van der Waals surface area contributed by atoms with Crippen molar-refractivity contribution >= 4 is 0 Å². The molecule has 0 aliphatic carbocycles. The first-order chi connectivity index (χ1) is 7.13. The van der Waals surface area contributed by atoms with Crippen LogP contribution < -0.4 is 0 Å². The van der Waals surface area contributed by atoms with E-state index in [2.05, 4.69) is 0 Å². The molecule has 1 atom stereocenters. The second-order valence-corrected chi connectivity index (χ2v) is 3.77. The number of halogens is 3. The SMILES string of the molecule is OC(CCCCCCC(F)(F)F)C(O)(O)O. The Hall–Kier alpha value is -0.370. The average molecular weight is 246 g/mol. The molecule has 0 aromatic rings. The van der Waals surface area contributed by atoms with Crippen molar-refractivity contribution in [1.29, 1.82) is 0 Å². The van der Waals surface area contributed by atoms with Gasteiger partial charge in [-0.05, 0) is 12.8 Å². The number of hydrogen-bond donors (Lipinski definition) is 4. The molecule has 4 N–H and O–H groups in total. The quantitative estimate of drug-likeness (QED) is 0.397. The van der Waals surface area contributed by atoms with Gasteiger partial charge < -0.3 is 20.4 Å². The lowest BCUT2D eigenvalue weighted by atomic mass is 10.1. The van der Waals surface area contributed by atoms with Gasteiger partial charge in [-0.15, -0.1) is 0 Å². The van der Waals surface area contributed by atoms with Crippen molar-refractivity contribution in [3.63, 3.8) is 0 Å². The van der Waals surface area contributed by atoms with Crippen molar-refractivity contribution in [2.24, 2.45) is 0 Å². The fourth-order valence-electron chi connectivity index (χ4n) is 1.21.